The molecule has 0 unspecified atom stereocenters. The van der Waals surface area contributed by atoms with Crippen LogP contribution < -0.4 is 10.6 Å². The average molecular weight is 400 g/mol. The summed E-state index contributed by atoms with van der Waals surface area (Å²) in [4.78, 5) is 23.6. The fourth-order valence-electron chi connectivity index (χ4n) is 1.60. The van der Waals surface area contributed by atoms with E-state index in [1.54, 1.807) is 24.3 Å². The molecule has 0 aliphatic carbocycles. The molecule has 1 aromatic heterocycles. The lowest BCUT2D eigenvalue weighted by molar-refractivity contribution is 0.0955. The van der Waals surface area contributed by atoms with Crippen molar-refractivity contribution in [2.24, 2.45) is 0 Å². The lowest BCUT2D eigenvalue weighted by Crippen LogP contribution is -2.22. The van der Waals surface area contributed by atoms with Gasteiger partial charge in [-0.05, 0) is 59.8 Å². The zero-order chi connectivity index (χ0) is 14.5. The van der Waals surface area contributed by atoms with Gasteiger partial charge in [-0.15, -0.1) is 11.3 Å². The van der Waals surface area contributed by atoms with Gasteiger partial charge in [0, 0.05) is 23.2 Å². The molecule has 0 atom stereocenters. The number of benzene rings is 1. The summed E-state index contributed by atoms with van der Waals surface area (Å²) in [6, 6.07) is 8.67. The van der Waals surface area contributed by atoms with Gasteiger partial charge < -0.3 is 10.6 Å². The molecule has 0 saturated heterocycles. The van der Waals surface area contributed by atoms with Crippen LogP contribution in [0.2, 0.25) is 0 Å². The van der Waals surface area contributed by atoms with Gasteiger partial charge in [0.25, 0.3) is 11.8 Å². The van der Waals surface area contributed by atoms with Crippen molar-refractivity contribution in [3.8, 4) is 0 Å². The molecule has 1 heterocycles. The smallest absolute Gasteiger partial charge is 0.256 e. The summed E-state index contributed by atoms with van der Waals surface area (Å²) in [6.07, 6.45) is 0. The third-order valence-corrected chi connectivity index (χ3v) is 4.36. The van der Waals surface area contributed by atoms with Crippen molar-refractivity contribution in [2.45, 2.75) is 6.92 Å². The summed E-state index contributed by atoms with van der Waals surface area (Å²) in [7, 11) is 0. The molecule has 0 fully saturated rings. The van der Waals surface area contributed by atoms with Gasteiger partial charge in [0.05, 0.1) is 8.45 Å². The van der Waals surface area contributed by atoms with Gasteiger partial charge in [-0.3, -0.25) is 9.59 Å². The summed E-state index contributed by atoms with van der Waals surface area (Å²) in [5.74, 6) is -0.257. The minimum atomic E-state index is -0.144. The predicted molar refractivity (Wildman–Crippen MR) is 89.4 cm³/mol. The Balaban J connectivity index is 2.04. The second kappa shape index (κ2) is 6.85. The fourth-order valence-corrected chi connectivity index (χ4v) is 2.93. The normalized spacial score (nSPS) is 10.1. The van der Waals surface area contributed by atoms with Crippen LogP contribution in [0.3, 0.4) is 0 Å². The molecule has 20 heavy (non-hydrogen) atoms. The average Bonchev–Trinajstić information content (AvgIpc) is 2.86. The van der Waals surface area contributed by atoms with Crippen LogP contribution in [0.15, 0.2) is 35.7 Å². The summed E-state index contributed by atoms with van der Waals surface area (Å²) in [5.41, 5.74) is 1.89. The number of rotatable bonds is 4. The minimum absolute atomic E-state index is 0.113. The largest absolute Gasteiger partial charge is 0.352 e. The molecule has 6 heteroatoms. The predicted octanol–water partition coefficient (Wildman–Crippen LogP) is 3.35. The van der Waals surface area contributed by atoms with Crippen molar-refractivity contribution in [1.29, 1.82) is 0 Å². The van der Waals surface area contributed by atoms with E-state index in [4.69, 9.17) is 0 Å². The molecule has 0 spiro atoms. The van der Waals surface area contributed by atoms with E-state index >= 15 is 0 Å². The molecule has 1 aromatic carbocycles. The maximum absolute atomic E-state index is 12.0. The third kappa shape index (κ3) is 3.80. The molecule has 2 rings (SSSR count). The molecule has 0 radical (unpaired) electrons. The van der Waals surface area contributed by atoms with Gasteiger partial charge in [-0.25, -0.2) is 0 Å². The first kappa shape index (κ1) is 15.0. The first-order chi connectivity index (χ1) is 9.60. The second-order valence-corrected chi connectivity index (χ2v) is 6.84. The molecular formula is C14H13IN2O2S. The van der Waals surface area contributed by atoms with E-state index in [1.165, 1.54) is 11.3 Å². The number of hydrogen-bond acceptors (Lipinski definition) is 3. The van der Waals surface area contributed by atoms with E-state index in [9.17, 15) is 9.59 Å². The van der Waals surface area contributed by atoms with E-state index in [0.717, 1.165) is 2.88 Å². The Hall–Kier alpha value is -1.41. The van der Waals surface area contributed by atoms with Crippen LogP contribution in [-0.2, 0) is 0 Å². The summed E-state index contributed by atoms with van der Waals surface area (Å²) in [6.45, 7) is 2.46. The Morgan fingerprint density at radius 2 is 1.85 bits per heavy atom. The second-order valence-electron chi connectivity index (χ2n) is 4.03. The zero-order valence-corrected chi connectivity index (χ0v) is 13.7. The number of amides is 2. The van der Waals surface area contributed by atoms with Gasteiger partial charge in [-0.2, -0.15) is 0 Å². The van der Waals surface area contributed by atoms with Gasteiger partial charge in [0.15, 0.2) is 0 Å². The van der Waals surface area contributed by atoms with Gasteiger partial charge in [0.2, 0.25) is 0 Å². The number of anilines is 1. The van der Waals surface area contributed by atoms with Crippen LogP contribution in [0.4, 0.5) is 5.69 Å². The third-order valence-electron chi connectivity index (χ3n) is 2.57. The minimum Gasteiger partial charge on any atom is -0.352 e. The van der Waals surface area contributed by atoms with Crippen LogP contribution in [-0.4, -0.2) is 18.4 Å². The van der Waals surface area contributed by atoms with Crippen LogP contribution in [0.25, 0.3) is 0 Å². The van der Waals surface area contributed by atoms with Crippen LogP contribution >= 0.6 is 33.9 Å². The monoisotopic (exact) mass is 400 g/mol. The summed E-state index contributed by atoms with van der Waals surface area (Å²) < 4.78 is 1.07. The van der Waals surface area contributed by atoms with E-state index in [1.807, 2.05) is 18.4 Å². The Morgan fingerprint density at radius 3 is 2.40 bits per heavy atom. The number of nitrogens with one attached hydrogen (secondary N) is 2. The summed E-state index contributed by atoms with van der Waals surface area (Å²) >= 11 is 3.71. The molecule has 2 aromatic rings. The molecule has 2 amide bonds. The number of halogens is 1. The first-order valence-electron chi connectivity index (χ1n) is 6.04. The van der Waals surface area contributed by atoms with Crippen molar-refractivity contribution in [3.63, 3.8) is 0 Å². The number of thiophene rings is 1. The van der Waals surface area contributed by atoms with Crippen molar-refractivity contribution in [3.05, 3.63) is 49.7 Å². The van der Waals surface area contributed by atoms with Crippen molar-refractivity contribution in [1.82, 2.24) is 5.32 Å². The molecule has 0 bridgehead atoms. The fraction of sp³-hybridized carbons (Fsp3) is 0.143. The molecule has 0 aliphatic heterocycles. The lowest BCUT2D eigenvalue weighted by atomic mass is 10.2. The summed E-state index contributed by atoms with van der Waals surface area (Å²) in [5, 5.41) is 7.35. The zero-order valence-electron chi connectivity index (χ0n) is 10.8. The standard InChI is InChI=1S/C14H13IN2O2S/c1-2-16-13(18)9-3-5-11(6-4-9)17-14(19)10-7-12(15)20-8-10/h3-8H,2H2,1H3,(H,16,18)(H,17,19). The maximum Gasteiger partial charge on any atom is 0.256 e. The van der Waals surface area contributed by atoms with Crippen molar-refractivity contribution < 1.29 is 9.59 Å². The van der Waals surface area contributed by atoms with Crippen LogP contribution in [0, 0.1) is 2.88 Å². The van der Waals surface area contributed by atoms with E-state index in [2.05, 4.69) is 33.2 Å². The molecule has 2 N–H and O–H groups in total. The van der Waals surface area contributed by atoms with Crippen LogP contribution in [0.1, 0.15) is 27.6 Å². The van der Waals surface area contributed by atoms with E-state index < -0.39 is 0 Å². The highest BCUT2D eigenvalue weighted by Gasteiger charge is 2.09. The Morgan fingerprint density at radius 1 is 1.15 bits per heavy atom. The lowest BCUT2D eigenvalue weighted by Gasteiger charge is -2.05. The van der Waals surface area contributed by atoms with Crippen molar-refractivity contribution >= 4 is 51.4 Å². The molecule has 104 valence electrons. The quantitative estimate of drug-likeness (QED) is 0.774. The molecule has 0 aliphatic rings. The SMILES string of the molecule is CCNC(=O)c1ccc(NC(=O)c2csc(I)c2)cc1. The Labute approximate surface area is 134 Å². The van der Waals surface area contributed by atoms with Crippen molar-refractivity contribution in [2.75, 3.05) is 11.9 Å². The molecule has 4 nitrogen and oxygen atoms in total. The van der Waals surface area contributed by atoms with E-state index in [0.29, 0.717) is 23.4 Å². The van der Waals surface area contributed by atoms with E-state index in [-0.39, 0.29) is 11.8 Å². The number of carbonyl (C=O) groups excluding carboxylic acids is 2. The van der Waals surface area contributed by atoms with Gasteiger partial charge in [-0.1, -0.05) is 0 Å². The maximum atomic E-state index is 12.0. The Bertz CT molecular complexity index is 622. The molecular weight excluding hydrogens is 387 g/mol. The topological polar surface area (TPSA) is 58.2 Å². The number of carbonyl (C=O) groups is 2. The highest BCUT2D eigenvalue weighted by molar-refractivity contribution is 14.1. The number of hydrogen-bond donors (Lipinski definition) is 2. The molecule has 0 saturated carbocycles. The Kier molecular flexibility index (Phi) is 5.13. The van der Waals surface area contributed by atoms with Gasteiger partial charge >= 0.3 is 0 Å². The van der Waals surface area contributed by atoms with Crippen LogP contribution in [0.5, 0.6) is 0 Å². The highest BCUT2D eigenvalue weighted by atomic mass is 127. The van der Waals surface area contributed by atoms with Gasteiger partial charge in [0.1, 0.15) is 0 Å². The first-order valence-corrected chi connectivity index (χ1v) is 7.99. The highest BCUT2D eigenvalue weighted by Crippen LogP contribution is 2.18.